The van der Waals surface area contributed by atoms with Crippen molar-refractivity contribution in [3.8, 4) is 0 Å². The van der Waals surface area contributed by atoms with E-state index in [9.17, 15) is 13.2 Å². The first kappa shape index (κ1) is 20.3. The fraction of sp³-hybridized carbons (Fsp3) is 0.526. The number of carbonyl (C=O) groups excluding carboxylic acids is 1. The first-order valence-electron chi connectivity index (χ1n) is 9.31. The van der Waals surface area contributed by atoms with Crippen molar-refractivity contribution < 1.29 is 17.9 Å². The van der Waals surface area contributed by atoms with Crippen molar-refractivity contribution in [2.75, 3.05) is 30.1 Å². The molecule has 0 bridgehead atoms. The molecule has 28 heavy (non-hydrogen) atoms. The topological polar surface area (TPSA) is 94.4 Å². The largest absolute Gasteiger partial charge is 0.462 e. The molecular formula is C19H26N4O4S. The summed E-state index contributed by atoms with van der Waals surface area (Å²) in [5.74, 6) is 0.718. The fourth-order valence-corrected chi connectivity index (χ4v) is 5.21. The Morgan fingerprint density at radius 3 is 2.68 bits per heavy atom. The van der Waals surface area contributed by atoms with Crippen LogP contribution in [0.25, 0.3) is 0 Å². The Morgan fingerprint density at radius 1 is 1.36 bits per heavy atom. The molecule has 3 heterocycles. The maximum atomic E-state index is 11.8. The van der Waals surface area contributed by atoms with Gasteiger partial charge in [-0.2, -0.15) is 5.10 Å². The second-order valence-corrected chi connectivity index (χ2v) is 9.36. The number of rotatable bonds is 6. The molecule has 1 atom stereocenters. The van der Waals surface area contributed by atoms with Crippen LogP contribution in [0.15, 0.2) is 18.3 Å². The number of esters is 1. The highest BCUT2D eigenvalue weighted by Crippen LogP contribution is 2.27. The number of pyridine rings is 1. The number of carbonyl (C=O) groups is 1. The fourth-order valence-electron chi connectivity index (χ4n) is 3.51. The van der Waals surface area contributed by atoms with Crippen molar-refractivity contribution >= 4 is 21.6 Å². The summed E-state index contributed by atoms with van der Waals surface area (Å²) in [5.41, 5.74) is 3.34. The molecule has 1 aliphatic rings. The molecule has 3 rings (SSSR count). The summed E-state index contributed by atoms with van der Waals surface area (Å²) in [6.45, 7) is 6.59. The molecule has 0 aliphatic carbocycles. The minimum Gasteiger partial charge on any atom is -0.462 e. The molecule has 0 saturated carbocycles. The van der Waals surface area contributed by atoms with E-state index in [2.05, 4.69) is 10.1 Å². The van der Waals surface area contributed by atoms with Crippen molar-refractivity contribution in [2.45, 2.75) is 39.8 Å². The molecule has 0 aromatic carbocycles. The lowest BCUT2D eigenvalue weighted by Gasteiger charge is -2.19. The minimum absolute atomic E-state index is 0.0928. The highest BCUT2D eigenvalue weighted by atomic mass is 32.2. The number of hydrogen-bond acceptors (Lipinski definition) is 7. The average Bonchev–Trinajstić information content (AvgIpc) is 3.15. The number of aryl methyl sites for hydroxylation is 1. The van der Waals surface area contributed by atoms with E-state index in [1.54, 1.807) is 19.1 Å². The third kappa shape index (κ3) is 4.19. The van der Waals surface area contributed by atoms with Crippen molar-refractivity contribution in [3.05, 3.63) is 40.8 Å². The zero-order valence-electron chi connectivity index (χ0n) is 16.7. The SMILES string of the molecule is CCOC(=O)c1ccc(N(C)Cc2c(C)nn(C3CCS(=O)(=O)C3)c2C)nc1. The summed E-state index contributed by atoms with van der Waals surface area (Å²) in [5, 5.41) is 4.61. The van der Waals surface area contributed by atoms with Gasteiger partial charge in [0, 0.05) is 31.0 Å². The lowest BCUT2D eigenvalue weighted by atomic mass is 10.1. The van der Waals surface area contributed by atoms with E-state index < -0.39 is 9.84 Å². The molecule has 9 heteroatoms. The number of anilines is 1. The number of sulfone groups is 1. The van der Waals surface area contributed by atoms with Crippen molar-refractivity contribution in [3.63, 3.8) is 0 Å². The van der Waals surface area contributed by atoms with Crippen molar-refractivity contribution in [1.82, 2.24) is 14.8 Å². The molecule has 0 spiro atoms. The Labute approximate surface area is 165 Å². The van der Waals surface area contributed by atoms with E-state index in [0.29, 0.717) is 25.1 Å². The first-order chi connectivity index (χ1) is 13.2. The third-order valence-corrected chi connectivity index (χ3v) is 6.82. The summed E-state index contributed by atoms with van der Waals surface area (Å²) in [6, 6.07) is 3.39. The quantitative estimate of drug-likeness (QED) is 0.678. The molecule has 1 unspecified atom stereocenters. The maximum absolute atomic E-state index is 11.8. The van der Waals surface area contributed by atoms with Gasteiger partial charge in [-0.25, -0.2) is 18.2 Å². The Morgan fingerprint density at radius 2 is 2.11 bits per heavy atom. The van der Waals surface area contributed by atoms with Crippen molar-refractivity contribution in [1.29, 1.82) is 0 Å². The van der Waals surface area contributed by atoms with Crippen LogP contribution in [0.1, 0.15) is 46.7 Å². The zero-order chi connectivity index (χ0) is 20.5. The molecule has 2 aromatic heterocycles. The Hall–Kier alpha value is -2.42. The Balaban J connectivity index is 1.75. The van der Waals surface area contributed by atoms with Gasteiger partial charge in [0.1, 0.15) is 5.82 Å². The predicted molar refractivity (Wildman–Crippen MR) is 106 cm³/mol. The van der Waals surface area contributed by atoms with E-state index in [-0.39, 0.29) is 23.5 Å². The summed E-state index contributed by atoms with van der Waals surface area (Å²) < 4.78 is 30.4. The van der Waals surface area contributed by atoms with Gasteiger partial charge >= 0.3 is 5.97 Å². The van der Waals surface area contributed by atoms with Gasteiger partial charge in [-0.05, 0) is 39.3 Å². The minimum atomic E-state index is -2.96. The smallest absolute Gasteiger partial charge is 0.339 e. The lowest BCUT2D eigenvalue weighted by Crippen LogP contribution is -2.19. The van der Waals surface area contributed by atoms with Crippen LogP contribution in [0.4, 0.5) is 5.82 Å². The molecule has 1 saturated heterocycles. The maximum Gasteiger partial charge on any atom is 0.339 e. The van der Waals surface area contributed by atoms with E-state index in [0.717, 1.165) is 22.8 Å². The molecule has 2 aromatic rings. The summed E-state index contributed by atoms with van der Waals surface area (Å²) in [4.78, 5) is 18.1. The number of hydrogen-bond donors (Lipinski definition) is 0. The van der Waals surface area contributed by atoms with Crippen LogP contribution in [-0.4, -0.2) is 54.3 Å². The van der Waals surface area contributed by atoms with Crippen LogP contribution < -0.4 is 4.90 Å². The van der Waals surface area contributed by atoms with Crippen LogP contribution in [0, 0.1) is 13.8 Å². The Kier molecular flexibility index (Phi) is 5.74. The van der Waals surface area contributed by atoms with Crippen LogP contribution in [0.3, 0.4) is 0 Å². The number of nitrogens with zero attached hydrogens (tertiary/aromatic N) is 4. The van der Waals surface area contributed by atoms with Crippen LogP contribution in [0.5, 0.6) is 0 Å². The molecule has 1 aliphatic heterocycles. The zero-order valence-corrected chi connectivity index (χ0v) is 17.5. The monoisotopic (exact) mass is 406 g/mol. The van der Waals surface area contributed by atoms with Gasteiger partial charge in [-0.3, -0.25) is 4.68 Å². The van der Waals surface area contributed by atoms with Gasteiger partial charge in [0.2, 0.25) is 0 Å². The van der Waals surface area contributed by atoms with E-state index in [1.165, 1.54) is 6.20 Å². The van der Waals surface area contributed by atoms with Gasteiger partial charge in [0.15, 0.2) is 9.84 Å². The van der Waals surface area contributed by atoms with Crippen molar-refractivity contribution in [2.24, 2.45) is 0 Å². The van der Waals surface area contributed by atoms with E-state index >= 15 is 0 Å². The molecule has 0 amide bonds. The van der Waals surface area contributed by atoms with Crippen LogP contribution >= 0.6 is 0 Å². The summed E-state index contributed by atoms with van der Waals surface area (Å²) >= 11 is 0. The summed E-state index contributed by atoms with van der Waals surface area (Å²) in [6.07, 6.45) is 2.12. The number of ether oxygens (including phenoxy) is 1. The highest BCUT2D eigenvalue weighted by Gasteiger charge is 2.31. The second kappa shape index (κ2) is 7.90. The second-order valence-electron chi connectivity index (χ2n) is 7.13. The molecule has 0 radical (unpaired) electrons. The molecular weight excluding hydrogens is 380 g/mol. The van der Waals surface area contributed by atoms with Gasteiger partial charge in [-0.15, -0.1) is 0 Å². The van der Waals surface area contributed by atoms with Gasteiger partial charge in [-0.1, -0.05) is 0 Å². The van der Waals surface area contributed by atoms with E-state index in [1.807, 2.05) is 30.5 Å². The molecule has 152 valence electrons. The average molecular weight is 407 g/mol. The van der Waals surface area contributed by atoms with E-state index in [4.69, 9.17) is 4.74 Å². The van der Waals surface area contributed by atoms with Gasteiger partial charge in [0.05, 0.1) is 35.4 Å². The molecule has 0 N–H and O–H groups in total. The standard InChI is InChI=1S/C19H26N4O4S/c1-5-27-19(24)15-6-7-18(20-10-15)22(4)11-17-13(2)21-23(14(17)3)16-8-9-28(25,26)12-16/h6-7,10,16H,5,8-9,11-12H2,1-4H3. The van der Waals surface area contributed by atoms with Crippen LogP contribution in [-0.2, 0) is 21.1 Å². The summed E-state index contributed by atoms with van der Waals surface area (Å²) in [7, 11) is -1.05. The van der Waals surface area contributed by atoms with Gasteiger partial charge < -0.3 is 9.64 Å². The predicted octanol–water partition coefficient (Wildman–Crippen LogP) is 2.07. The molecule has 1 fully saturated rings. The third-order valence-electron chi connectivity index (χ3n) is 5.07. The number of aromatic nitrogens is 3. The highest BCUT2D eigenvalue weighted by molar-refractivity contribution is 7.91. The Bertz CT molecular complexity index is 967. The first-order valence-corrected chi connectivity index (χ1v) is 11.1. The normalized spacial score (nSPS) is 18.2. The lowest BCUT2D eigenvalue weighted by molar-refractivity contribution is 0.0526. The van der Waals surface area contributed by atoms with Crippen LogP contribution in [0.2, 0.25) is 0 Å². The van der Waals surface area contributed by atoms with Gasteiger partial charge in [0.25, 0.3) is 0 Å². The molecule has 8 nitrogen and oxygen atoms in total.